The van der Waals surface area contributed by atoms with Crippen LogP contribution in [-0.2, 0) is 4.79 Å². The third-order valence-corrected chi connectivity index (χ3v) is 2.64. The van der Waals surface area contributed by atoms with Crippen molar-refractivity contribution >= 4 is 23.2 Å². The van der Waals surface area contributed by atoms with Crippen LogP contribution in [0.15, 0.2) is 24.3 Å². The highest BCUT2D eigenvalue weighted by Crippen LogP contribution is 2.21. The number of nitrogens with one attached hydrogen (secondary N) is 2. The summed E-state index contributed by atoms with van der Waals surface area (Å²) in [5.74, 6) is -0.0950. The Morgan fingerprint density at radius 1 is 1.38 bits per heavy atom. The zero-order valence-electron chi connectivity index (χ0n) is 9.80. The predicted octanol–water partition coefficient (Wildman–Crippen LogP) is 2.67. The third-order valence-electron chi connectivity index (χ3n) is 2.31. The number of hydrogen-bond acceptors (Lipinski definition) is 2. The quantitative estimate of drug-likeness (QED) is 0.850. The minimum atomic E-state index is -0.603. The largest absolute Gasteiger partial charge is 0.323 e. The average molecular weight is 241 g/mol. The number of anilines is 1. The zero-order chi connectivity index (χ0) is 12.2. The van der Waals surface area contributed by atoms with E-state index in [1.807, 2.05) is 32.9 Å². The summed E-state index contributed by atoms with van der Waals surface area (Å²) in [6.07, 6.45) is 0. The number of amides is 1. The van der Waals surface area contributed by atoms with Crippen molar-refractivity contribution in [3.8, 4) is 0 Å². The number of carbonyl (C=O) groups excluding carboxylic acids is 1. The Hall–Kier alpha value is -1.06. The van der Waals surface area contributed by atoms with Crippen molar-refractivity contribution in [1.29, 1.82) is 0 Å². The summed E-state index contributed by atoms with van der Waals surface area (Å²) in [6, 6.07) is 7.19. The lowest BCUT2D eigenvalue weighted by Gasteiger charge is -2.24. The molecule has 2 N–H and O–H groups in total. The molecule has 0 saturated carbocycles. The molecule has 0 spiro atoms. The minimum absolute atomic E-state index is 0.0950. The molecule has 0 aliphatic rings. The molecule has 0 saturated heterocycles. The lowest BCUT2D eigenvalue weighted by Crippen LogP contribution is -2.49. The number of rotatable bonds is 4. The van der Waals surface area contributed by atoms with Gasteiger partial charge in [-0.25, -0.2) is 0 Å². The van der Waals surface area contributed by atoms with E-state index in [2.05, 4.69) is 10.6 Å². The molecule has 0 aromatic heterocycles. The van der Waals surface area contributed by atoms with Crippen LogP contribution in [0.3, 0.4) is 0 Å². The van der Waals surface area contributed by atoms with Gasteiger partial charge in [0.15, 0.2) is 0 Å². The van der Waals surface area contributed by atoms with Gasteiger partial charge in [-0.2, -0.15) is 0 Å². The van der Waals surface area contributed by atoms with Crippen LogP contribution in [0.4, 0.5) is 5.69 Å². The van der Waals surface area contributed by atoms with Gasteiger partial charge in [-0.1, -0.05) is 30.7 Å². The van der Waals surface area contributed by atoms with E-state index < -0.39 is 5.54 Å². The molecule has 0 atom stereocenters. The van der Waals surface area contributed by atoms with Gasteiger partial charge in [0.25, 0.3) is 0 Å². The predicted molar refractivity (Wildman–Crippen MR) is 67.8 cm³/mol. The minimum Gasteiger partial charge on any atom is -0.323 e. The molecule has 1 aromatic carbocycles. The van der Waals surface area contributed by atoms with Crippen molar-refractivity contribution < 1.29 is 4.79 Å². The zero-order valence-corrected chi connectivity index (χ0v) is 10.6. The van der Waals surface area contributed by atoms with Crippen LogP contribution in [0.5, 0.6) is 0 Å². The highest BCUT2D eigenvalue weighted by molar-refractivity contribution is 6.33. The molecule has 0 unspecified atom stereocenters. The van der Waals surface area contributed by atoms with E-state index in [1.165, 1.54) is 0 Å². The Morgan fingerprint density at radius 2 is 2.00 bits per heavy atom. The maximum absolute atomic E-state index is 11.9. The van der Waals surface area contributed by atoms with Gasteiger partial charge in [0.05, 0.1) is 16.2 Å². The van der Waals surface area contributed by atoms with Crippen molar-refractivity contribution in [3.05, 3.63) is 29.3 Å². The Kier molecular flexibility index (Phi) is 4.33. The second-order valence-electron chi connectivity index (χ2n) is 4.09. The Balaban J connectivity index is 2.75. The maximum atomic E-state index is 11.9. The lowest BCUT2D eigenvalue weighted by molar-refractivity contribution is -0.121. The van der Waals surface area contributed by atoms with Gasteiger partial charge in [-0.3, -0.25) is 4.79 Å². The molecular formula is C12H17ClN2O. The van der Waals surface area contributed by atoms with Crippen molar-refractivity contribution in [3.63, 3.8) is 0 Å². The van der Waals surface area contributed by atoms with Gasteiger partial charge >= 0.3 is 0 Å². The molecule has 0 heterocycles. The highest BCUT2D eigenvalue weighted by Gasteiger charge is 2.26. The van der Waals surface area contributed by atoms with E-state index >= 15 is 0 Å². The standard InChI is InChI=1S/C12H17ClN2O/c1-4-14-12(2,3)11(16)15-10-8-6-5-7-9(10)13/h5-8,14H,4H2,1-3H3,(H,15,16). The van der Waals surface area contributed by atoms with Gasteiger partial charge in [-0.15, -0.1) is 0 Å². The number of para-hydroxylation sites is 1. The number of likely N-dealkylation sites (N-methyl/N-ethyl adjacent to an activating group) is 1. The molecule has 16 heavy (non-hydrogen) atoms. The molecule has 1 rings (SSSR count). The van der Waals surface area contributed by atoms with Crippen LogP contribution in [0, 0.1) is 0 Å². The lowest BCUT2D eigenvalue weighted by atomic mass is 10.0. The van der Waals surface area contributed by atoms with E-state index in [-0.39, 0.29) is 5.91 Å². The average Bonchev–Trinajstić information content (AvgIpc) is 2.21. The first-order valence-corrected chi connectivity index (χ1v) is 5.66. The molecule has 3 nitrogen and oxygen atoms in total. The van der Waals surface area contributed by atoms with Crippen LogP contribution < -0.4 is 10.6 Å². The highest BCUT2D eigenvalue weighted by atomic mass is 35.5. The van der Waals surface area contributed by atoms with Crippen LogP contribution in [-0.4, -0.2) is 18.0 Å². The van der Waals surface area contributed by atoms with E-state index in [1.54, 1.807) is 12.1 Å². The number of carbonyl (C=O) groups is 1. The monoisotopic (exact) mass is 240 g/mol. The van der Waals surface area contributed by atoms with Gasteiger partial charge in [-0.05, 0) is 32.5 Å². The Labute approximate surface area is 101 Å². The molecule has 4 heteroatoms. The summed E-state index contributed by atoms with van der Waals surface area (Å²) in [7, 11) is 0. The van der Waals surface area contributed by atoms with Crippen molar-refractivity contribution in [2.75, 3.05) is 11.9 Å². The fraction of sp³-hybridized carbons (Fsp3) is 0.417. The summed E-state index contributed by atoms with van der Waals surface area (Å²) in [6.45, 7) is 6.37. The first-order valence-electron chi connectivity index (χ1n) is 5.28. The molecule has 0 aliphatic heterocycles. The number of hydrogen-bond donors (Lipinski definition) is 2. The smallest absolute Gasteiger partial charge is 0.244 e. The third kappa shape index (κ3) is 3.22. The van der Waals surface area contributed by atoms with Crippen LogP contribution in [0.1, 0.15) is 20.8 Å². The van der Waals surface area contributed by atoms with E-state index in [4.69, 9.17) is 11.6 Å². The summed E-state index contributed by atoms with van der Waals surface area (Å²) < 4.78 is 0. The molecule has 88 valence electrons. The topological polar surface area (TPSA) is 41.1 Å². The van der Waals surface area contributed by atoms with E-state index in [0.717, 1.165) is 6.54 Å². The molecule has 0 radical (unpaired) electrons. The van der Waals surface area contributed by atoms with Gasteiger partial charge in [0.1, 0.15) is 0 Å². The number of halogens is 1. The molecule has 1 aromatic rings. The maximum Gasteiger partial charge on any atom is 0.244 e. The first kappa shape index (κ1) is 13.0. The van der Waals surface area contributed by atoms with Crippen molar-refractivity contribution in [1.82, 2.24) is 5.32 Å². The van der Waals surface area contributed by atoms with Gasteiger partial charge in [0.2, 0.25) is 5.91 Å². The van der Waals surface area contributed by atoms with E-state index in [9.17, 15) is 4.79 Å². The second-order valence-corrected chi connectivity index (χ2v) is 4.50. The summed E-state index contributed by atoms with van der Waals surface area (Å²) >= 11 is 5.96. The second kappa shape index (κ2) is 5.32. The molecule has 0 fully saturated rings. The van der Waals surface area contributed by atoms with Gasteiger partial charge < -0.3 is 10.6 Å². The Bertz CT molecular complexity index is 377. The fourth-order valence-corrected chi connectivity index (χ4v) is 1.55. The number of benzene rings is 1. The van der Waals surface area contributed by atoms with Crippen molar-refractivity contribution in [2.24, 2.45) is 0 Å². The first-order chi connectivity index (χ1) is 7.47. The molecule has 1 amide bonds. The summed E-state index contributed by atoms with van der Waals surface area (Å²) in [5.41, 5.74) is 0.0358. The molecule has 0 aliphatic carbocycles. The van der Waals surface area contributed by atoms with E-state index in [0.29, 0.717) is 10.7 Å². The summed E-state index contributed by atoms with van der Waals surface area (Å²) in [5, 5.41) is 6.45. The van der Waals surface area contributed by atoms with Crippen LogP contribution in [0.2, 0.25) is 5.02 Å². The van der Waals surface area contributed by atoms with Gasteiger partial charge in [0, 0.05) is 0 Å². The summed E-state index contributed by atoms with van der Waals surface area (Å²) in [4.78, 5) is 11.9. The molecular weight excluding hydrogens is 224 g/mol. The van der Waals surface area contributed by atoms with Crippen LogP contribution >= 0.6 is 11.6 Å². The van der Waals surface area contributed by atoms with Crippen molar-refractivity contribution in [2.45, 2.75) is 26.3 Å². The normalized spacial score (nSPS) is 11.2. The fourth-order valence-electron chi connectivity index (χ4n) is 1.36. The Morgan fingerprint density at radius 3 is 2.56 bits per heavy atom. The SMILES string of the molecule is CCNC(C)(C)C(=O)Nc1ccccc1Cl. The van der Waals surface area contributed by atoms with Crippen LogP contribution in [0.25, 0.3) is 0 Å². The molecule has 0 bridgehead atoms.